The lowest BCUT2D eigenvalue weighted by Crippen LogP contribution is -2.37. The van der Waals surface area contributed by atoms with Crippen molar-refractivity contribution in [2.45, 2.75) is 220 Å². The fourth-order valence-electron chi connectivity index (χ4n) is 8.19. The van der Waals surface area contributed by atoms with Crippen molar-refractivity contribution in [1.82, 2.24) is 4.90 Å². The minimum atomic E-state index is -0.403. The van der Waals surface area contributed by atoms with Crippen LogP contribution in [0.15, 0.2) is 9.59 Å². The molecule has 312 valence electrons. The van der Waals surface area contributed by atoms with Crippen molar-refractivity contribution in [2.75, 3.05) is 57.1 Å². The van der Waals surface area contributed by atoms with Gasteiger partial charge in [-0.05, 0) is 57.0 Å². The lowest BCUT2D eigenvalue weighted by molar-refractivity contribution is 0.113. The summed E-state index contributed by atoms with van der Waals surface area (Å²) in [6.45, 7) is 14.9. The molecule has 0 saturated heterocycles. The second-order valence-electron chi connectivity index (χ2n) is 16.5. The normalized spacial score (nSPS) is 12.4. The topological polar surface area (TPSA) is 70.7 Å². The maximum absolute atomic E-state index is 12.0. The summed E-state index contributed by atoms with van der Waals surface area (Å²) < 4.78 is 6.11. The van der Waals surface area contributed by atoms with E-state index in [1.807, 2.05) is 0 Å². The Kier molecular flexibility index (Phi) is 33.9. The van der Waals surface area contributed by atoms with Gasteiger partial charge in [-0.2, -0.15) is 0 Å². The van der Waals surface area contributed by atoms with Crippen LogP contribution in [0.2, 0.25) is 0 Å². The first kappa shape index (κ1) is 49.6. The SMILES string of the molecule is CCCCCCCCC(CCCCCCCC)CCCCCCCN(CCCNc1c(NC)c(=O)c1=O)CCCOCCCC(CC)CCCCCC. The minimum absolute atomic E-state index is 0.388. The molecule has 0 amide bonds. The largest absolute Gasteiger partial charge is 0.383 e. The molecule has 0 radical (unpaired) electrons. The van der Waals surface area contributed by atoms with Gasteiger partial charge in [0.1, 0.15) is 11.4 Å². The van der Waals surface area contributed by atoms with Crippen LogP contribution >= 0.6 is 0 Å². The fraction of sp³-hybridized carbons (Fsp3) is 0.915. The standard InChI is InChI=1S/C47H91N3O3/c1-6-10-13-16-19-24-32-43(33-25-20-17-14-11-7-2)34-26-21-18-22-27-37-50(38-29-36-49-45-44(48-5)46(51)47(45)52)39-30-41-53-40-28-35-42(9-4)31-23-15-12-8-3/h42-43,48-49H,6-41H2,1-5H3. The smallest absolute Gasteiger partial charge is 0.253 e. The van der Waals surface area contributed by atoms with Crippen LogP contribution in [0.5, 0.6) is 0 Å². The number of nitrogens with zero attached hydrogens (tertiary/aromatic N) is 1. The van der Waals surface area contributed by atoms with Crippen molar-refractivity contribution < 1.29 is 4.74 Å². The van der Waals surface area contributed by atoms with E-state index in [9.17, 15) is 9.59 Å². The molecular formula is C47H91N3O3. The Balaban J connectivity index is 2.40. The van der Waals surface area contributed by atoms with Gasteiger partial charge in [-0.15, -0.1) is 0 Å². The van der Waals surface area contributed by atoms with Gasteiger partial charge in [0.15, 0.2) is 0 Å². The van der Waals surface area contributed by atoms with Gasteiger partial charge in [-0.25, -0.2) is 0 Å². The van der Waals surface area contributed by atoms with Crippen molar-refractivity contribution in [3.63, 3.8) is 0 Å². The summed E-state index contributed by atoms with van der Waals surface area (Å²) in [5.74, 6) is 1.82. The molecule has 0 aliphatic rings. The van der Waals surface area contributed by atoms with E-state index in [4.69, 9.17) is 4.74 Å². The Hall–Kier alpha value is -1.40. The van der Waals surface area contributed by atoms with Gasteiger partial charge < -0.3 is 20.3 Å². The summed E-state index contributed by atoms with van der Waals surface area (Å²) in [6.07, 6.45) is 40.8. The molecule has 6 nitrogen and oxygen atoms in total. The molecule has 0 saturated carbocycles. The van der Waals surface area contributed by atoms with E-state index in [-0.39, 0.29) is 5.43 Å². The predicted octanol–water partition coefficient (Wildman–Crippen LogP) is 13.1. The molecular weight excluding hydrogens is 655 g/mol. The summed E-state index contributed by atoms with van der Waals surface area (Å²) >= 11 is 0. The average Bonchev–Trinajstić information content (AvgIpc) is 3.17. The fourth-order valence-corrected chi connectivity index (χ4v) is 8.19. The molecule has 1 aromatic carbocycles. The molecule has 0 heterocycles. The van der Waals surface area contributed by atoms with Crippen LogP contribution in [0.25, 0.3) is 0 Å². The van der Waals surface area contributed by atoms with Gasteiger partial charge in [0.25, 0.3) is 10.9 Å². The lowest BCUT2D eigenvalue weighted by atomic mass is 9.89. The zero-order valence-corrected chi connectivity index (χ0v) is 36.3. The summed E-state index contributed by atoms with van der Waals surface area (Å²) in [5, 5.41) is 6.09. The second-order valence-corrected chi connectivity index (χ2v) is 16.5. The first-order valence-electron chi connectivity index (χ1n) is 23.6. The molecule has 1 aromatic rings. The first-order chi connectivity index (χ1) is 26.0. The van der Waals surface area contributed by atoms with Crippen LogP contribution in [0.1, 0.15) is 220 Å². The number of hydrogen-bond donors (Lipinski definition) is 2. The van der Waals surface area contributed by atoms with Crippen molar-refractivity contribution in [3.8, 4) is 0 Å². The van der Waals surface area contributed by atoms with E-state index in [0.29, 0.717) is 17.9 Å². The van der Waals surface area contributed by atoms with Crippen LogP contribution in [0, 0.1) is 11.8 Å². The van der Waals surface area contributed by atoms with Gasteiger partial charge in [0, 0.05) is 33.4 Å². The highest BCUT2D eigenvalue weighted by molar-refractivity contribution is 5.73. The third-order valence-electron chi connectivity index (χ3n) is 11.8. The maximum atomic E-state index is 12.0. The molecule has 1 rings (SSSR count). The van der Waals surface area contributed by atoms with Crippen LogP contribution < -0.4 is 21.5 Å². The molecule has 1 unspecified atom stereocenters. The zero-order valence-electron chi connectivity index (χ0n) is 36.3. The molecule has 6 heteroatoms. The number of nitrogens with one attached hydrogen (secondary N) is 2. The molecule has 0 spiro atoms. The highest BCUT2D eigenvalue weighted by atomic mass is 16.5. The van der Waals surface area contributed by atoms with E-state index >= 15 is 0 Å². The van der Waals surface area contributed by atoms with E-state index < -0.39 is 5.43 Å². The minimum Gasteiger partial charge on any atom is -0.383 e. The van der Waals surface area contributed by atoms with Crippen molar-refractivity contribution in [1.29, 1.82) is 0 Å². The summed E-state index contributed by atoms with van der Waals surface area (Å²) in [7, 11) is 1.70. The molecule has 0 fully saturated rings. The van der Waals surface area contributed by atoms with Crippen molar-refractivity contribution in [3.05, 3.63) is 20.4 Å². The van der Waals surface area contributed by atoms with Gasteiger partial charge in [0.2, 0.25) is 0 Å². The van der Waals surface area contributed by atoms with Gasteiger partial charge in [-0.3, -0.25) is 9.59 Å². The molecule has 53 heavy (non-hydrogen) atoms. The lowest BCUT2D eigenvalue weighted by Gasteiger charge is -2.23. The highest BCUT2D eigenvalue weighted by Crippen LogP contribution is 2.25. The number of unbranched alkanes of at least 4 members (excludes halogenated alkanes) is 17. The van der Waals surface area contributed by atoms with E-state index in [0.717, 1.165) is 57.5 Å². The highest BCUT2D eigenvalue weighted by Gasteiger charge is 2.19. The zero-order chi connectivity index (χ0) is 38.6. The number of anilines is 2. The summed E-state index contributed by atoms with van der Waals surface area (Å²) in [6, 6.07) is 0. The molecule has 0 aliphatic heterocycles. The van der Waals surface area contributed by atoms with Crippen molar-refractivity contribution >= 4 is 11.4 Å². The Bertz CT molecular complexity index is 974. The van der Waals surface area contributed by atoms with Crippen LogP contribution in [0.3, 0.4) is 0 Å². The summed E-state index contributed by atoms with van der Waals surface area (Å²) in [4.78, 5) is 26.3. The van der Waals surface area contributed by atoms with E-state index in [2.05, 4.69) is 43.2 Å². The van der Waals surface area contributed by atoms with E-state index in [1.54, 1.807) is 7.05 Å². The first-order valence-corrected chi connectivity index (χ1v) is 23.6. The van der Waals surface area contributed by atoms with Crippen LogP contribution in [-0.4, -0.2) is 51.3 Å². The number of rotatable bonds is 42. The Labute approximate surface area is 329 Å². The maximum Gasteiger partial charge on any atom is 0.253 e. The molecule has 0 bridgehead atoms. The van der Waals surface area contributed by atoms with Crippen LogP contribution in [-0.2, 0) is 4.74 Å². The Morgan fingerprint density at radius 1 is 0.472 bits per heavy atom. The third-order valence-corrected chi connectivity index (χ3v) is 11.8. The second kappa shape index (κ2) is 36.3. The molecule has 1 atom stereocenters. The number of ether oxygens (including phenoxy) is 1. The van der Waals surface area contributed by atoms with Gasteiger partial charge in [0.05, 0.1) is 0 Å². The number of hydrogen-bond acceptors (Lipinski definition) is 6. The van der Waals surface area contributed by atoms with Crippen LogP contribution in [0.4, 0.5) is 11.4 Å². The monoisotopic (exact) mass is 746 g/mol. The molecule has 2 N–H and O–H groups in total. The van der Waals surface area contributed by atoms with Gasteiger partial charge in [-0.1, -0.05) is 188 Å². The van der Waals surface area contributed by atoms with Crippen molar-refractivity contribution in [2.24, 2.45) is 11.8 Å². The third kappa shape index (κ3) is 26.2. The van der Waals surface area contributed by atoms with E-state index in [1.165, 1.54) is 180 Å². The Morgan fingerprint density at radius 3 is 1.43 bits per heavy atom. The summed E-state index contributed by atoms with van der Waals surface area (Å²) in [5.41, 5.74) is 0.105. The quantitative estimate of drug-likeness (QED) is 0.0513. The molecule has 0 aromatic heterocycles. The molecule has 0 aliphatic carbocycles. The average molecular weight is 746 g/mol. The Morgan fingerprint density at radius 2 is 0.887 bits per heavy atom. The predicted molar refractivity (Wildman–Crippen MR) is 235 cm³/mol. The van der Waals surface area contributed by atoms with Gasteiger partial charge >= 0.3 is 0 Å².